The van der Waals surface area contributed by atoms with Crippen molar-refractivity contribution in [2.24, 2.45) is 0 Å². The van der Waals surface area contributed by atoms with E-state index in [4.69, 9.17) is 4.74 Å². The first kappa shape index (κ1) is 20.4. The number of hydrogen-bond donors (Lipinski definition) is 1. The number of aliphatic hydroxyl groups is 1. The molecule has 5 heteroatoms. The van der Waals surface area contributed by atoms with Crippen LogP contribution in [-0.4, -0.2) is 67.3 Å². The Morgan fingerprint density at radius 1 is 1.18 bits per heavy atom. The van der Waals surface area contributed by atoms with Crippen LogP contribution in [-0.2, 0) is 0 Å². The summed E-state index contributed by atoms with van der Waals surface area (Å²) >= 11 is 0. The molecule has 2 aromatic rings. The topological polar surface area (TPSA) is 53.0 Å². The number of likely N-dealkylation sites (N-methyl/N-ethyl adjacent to an activating group) is 1. The van der Waals surface area contributed by atoms with Gasteiger partial charge in [-0.3, -0.25) is 4.79 Å². The van der Waals surface area contributed by atoms with Gasteiger partial charge in [0.05, 0.1) is 19.3 Å². The zero-order valence-corrected chi connectivity index (χ0v) is 17.5. The van der Waals surface area contributed by atoms with Crippen molar-refractivity contribution in [1.29, 1.82) is 0 Å². The van der Waals surface area contributed by atoms with Crippen molar-refractivity contribution in [3.8, 4) is 16.9 Å². The lowest BCUT2D eigenvalue weighted by Crippen LogP contribution is -2.43. The Morgan fingerprint density at radius 2 is 1.86 bits per heavy atom. The third-order valence-electron chi connectivity index (χ3n) is 5.34. The molecule has 0 spiro atoms. The van der Waals surface area contributed by atoms with Crippen LogP contribution in [0.25, 0.3) is 11.1 Å². The van der Waals surface area contributed by atoms with Crippen LogP contribution in [0.15, 0.2) is 36.4 Å². The third kappa shape index (κ3) is 4.21. The molecule has 3 rings (SSSR count). The zero-order valence-electron chi connectivity index (χ0n) is 17.5. The molecule has 1 N–H and O–H groups in total. The maximum Gasteiger partial charge on any atom is 0.253 e. The SMILES string of the molecule is COc1c(C)cc(-c2cccc(C(=O)N3CC[C@](O)(CN(C)C)C3)c2)cc1C. The second-order valence-electron chi connectivity index (χ2n) is 8.16. The summed E-state index contributed by atoms with van der Waals surface area (Å²) in [5.74, 6) is 0.867. The van der Waals surface area contributed by atoms with E-state index < -0.39 is 5.60 Å². The number of ether oxygens (including phenoxy) is 1. The van der Waals surface area contributed by atoms with Crippen LogP contribution in [0.3, 0.4) is 0 Å². The van der Waals surface area contributed by atoms with Crippen molar-refractivity contribution < 1.29 is 14.6 Å². The molecule has 1 amide bonds. The van der Waals surface area contributed by atoms with Gasteiger partial charge >= 0.3 is 0 Å². The Balaban J connectivity index is 1.83. The van der Waals surface area contributed by atoms with Gasteiger partial charge in [-0.2, -0.15) is 0 Å². The molecule has 1 heterocycles. The standard InChI is InChI=1S/C23H30N2O3/c1-16-11-20(12-17(2)21(16)28-5)18-7-6-8-19(13-18)22(26)25-10-9-23(27,15-25)14-24(3)4/h6-8,11-13,27H,9-10,14-15H2,1-5H3/t23-/m0/s1. The van der Waals surface area contributed by atoms with Gasteiger partial charge in [-0.1, -0.05) is 12.1 Å². The number of amides is 1. The first-order valence-electron chi connectivity index (χ1n) is 9.64. The monoisotopic (exact) mass is 382 g/mol. The number of β-amino-alcohol motifs (C(OH)–C–C–N with tert-alkyl or cyclic N) is 1. The van der Waals surface area contributed by atoms with Gasteiger partial charge in [0.15, 0.2) is 0 Å². The molecule has 28 heavy (non-hydrogen) atoms. The molecule has 1 atom stereocenters. The lowest BCUT2D eigenvalue weighted by atomic mass is 9.98. The lowest BCUT2D eigenvalue weighted by molar-refractivity contribution is 0.0236. The number of carbonyl (C=O) groups is 1. The number of hydrogen-bond acceptors (Lipinski definition) is 4. The number of likely N-dealkylation sites (tertiary alicyclic amines) is 1. The van der Waals surface area contributed by atoms with Gasteiger partial charge in [0.2, 0.25) is 0 Å². The highest BCUT2D eigenvalue weighted by Gasteiger charge is 2.38. The minimum Gasteiger partial charge on any atom is -0.496 e. The second kappa shape index (κ2) is 7.94. The molecule has 0 unspecified atom stereocenters. The highest BCUT2D eigenvalue weighted by molar-refractivity contribution is 5.95. The predicted molar refractivity (Wildman–Crippen MR) is 112 cm³/mol. The first-order chi connectivity index (χ1) is 13.2. The van der Waals surface area contributed by atoms with E-state index in [1.807, 2.05) is 57.1 Å². The van der Waals surface area contributed by atoms with Crippen molar-refractivity contribution in [3.63, 3.8) is 0 Å². The Bertz CT molecular complexity index is 855. The number of aryl methyl sites for hydroxylation is 2. The van der Waals surface area contributed by atoms with Gasteiger partial charge in [-0.15, -0.1) is 0 Å². The summed E-state index contributed by atoms with van der Waals surface area (Å²) in [6.45, 7) is 5.56. The van der Waals surface area contributed by atoms with Crippen LogP contribution in [0.5, 0.6) is 5.75 Å². The highest BCUT2D eigenvalue weighted by atomic mass is 16.5. The molecule has 0 aliphatic carbocycles. The molecule has 0 radical (unpaired) electrons. The van der Waals surface area contributed by atoms with E-state index in [1.54, 1.807) is 12.0 Å². The Hall–Kier alpha value is -2.37. The van der Waals surface area contributed by atoms with Crippen molar-refractivity contribution >= 4 is 5.91 Å². The molecule has 0 bridgehead atoms. The largest absolute Gasteiger partial charge is 0.496 e. The van der Waals surface area contributed by atoms with Gasteiger partial charge in [-0.05, 0) is 80.9 Å². The van der Waals surface area contributed by atoms with E-state index in [9.17, 15) is 9.90 Å². The zero-order chi connectivity index (χ0) is 20.5. The van der Waals surface area contributed by atoms with Gasteiger partial charge in [-0.25, -0.2) is 0 Å². The van der Waals surface area contributed by atoms with Crippen molar-refractivity contribution in [2.75, 3.05) is 40.8 Å². The summed E-state index contributed by atoms with van der Waals surface area (Å²) in [5.41, 5.74) is 4.03. The second-order valence-corrected chi connectivity index (χ2v) is 8.16. The van der Waals surface area contributed by atoms with Gasteiger partial charge in [0.25, 0.3) is 5.91 Å². The third-order valence-corrected chi connectivity index (χ3v) is 5.34. The minimum atomic E-state index is -0.832. The van der Waals surface area contributed by atoms with Crippen LogP contribution in [0.2, 0.25) is 0 Å². The lowest BCUT2D eigenvalue weighted by Gasteiger charge is -2.26. The van der Waals surface area contributed by atoms with Crippen molar-refractivity contribution in [3.05, 3.63) is 53.1 Å². The Labute approximate surface area is 167 Å². The summed E-state index contributed by atoms with van der Waals surface area (Å²) < 4.78 is 5.46. The van der Waals surface area contributed by atoms with E-state index >= 15 is 0 Å². The van der Waals surface area contributed by atoms with Gasteiger partial charge in [0.1, 0.15) is 5.75 Å². The van der Waals surface area contributed by atoms with Crippen LogP contribution < -0.4 is 4.74 Å². The average Bonchev–Trinajstić information content (AvgIpc) is 3.01. The van der Waals surface area contributed by atoms with E-state index in [1.165, 1.54) is 0 Å². The molecular formula is C23H30N2O3. The number of rotatable bonds is 5. The number of carbonyl (C=O) groups excluding carboxylic acids is 1. The fraction of sp³-hybridized carbons (Fsp3) is 0.435. The fourth-order valence-electron chi connectivity index (χ4n) is 4.20. The van der Waals surface area contributed by atoms with E-state index in [0.29, 0.717) is 31.6 Å². The summed E-state index contributed by atoms with van der Waals surface area (Å²) in [6, 6.07) is 11.9. The summed E-state index contributed by atoms with van der Waals surface area (Å²) in [6.07, 6.45) is 0.605. The number of methoxy groups -OCH3 is 1. The summed E-state index contributed by atoms with van der Waals surface area (Å²) in [4.78, 5) is 16.7. The van der Waals surface area contributed by atoms with Crippen LogP contribution in [0, 0.1) is 13.8 Å². The van der Waals surface area contributed by atoms with Gasteiger partial charge < -0.3 is 19.6 Å². The molecule has 0 saturated carbocycles. The van der Waals surface area contributed by atoms with Gasteiger partial charge in [0, 0.05) is 18.7 Å². The maximum atomic E-state index is 13.0. The quantitative estimate of drug-likeness (QED) is 0.863. The molecule has 1 aliphatic rings. The molecule has 2 aromatic carbocycles. The fourth-order valence-corrected chi connectivity index (χ4v) is 4.20. The van der Waals surface area contributed by atoms with E-state index in [0.717, 1.165) is 28.0 Å². The predicted octanol–water partition coefficient (Wildman–Crippen LogP) is 3.12. The molecule has 1 aliphatic heterocycles. The molecule has 0 aromatic heterocycles. The summed E-state index contributed by atoms with van der Waals surface area (Å²) in [7, 11) is 5.55. The molecule has 1 fully saturated rings. The van der Waals surface area contributed by atoms with E-state index in [-0.39, 0.29) is 5.91 Å². The Morgan fingerprint density at radius 3 is 2.46 bits per heavy atom. The number of nitrogens with zero attached hydrogens (tertiary/aromatic N) is 2. The van der Waals surface area contributed by atoms with Crippen molar-refractivity contribution in [2.45, 2.75) is 25.9 Å². The smallest absolute Gasteiger partial charge is 0.253 e. The Kier molecular flexibility index (Phi) is 5.77. The average molecular weight is 383 g/mol. The highest BCUT2D eigenvalue weighted by Crippen LogP contribution is 2.31. The van der Waals surface area contributed by atoms with Crippen molar-refractivity contribution in [1.82, 2.24) is 9.80 Å². The molecule has 5 nitrogen and oxygen atoms in total. The van der Waals surface area contributed by atoms with Crippen LogP contribution in [0.1, 0.15) is 27.9 Å². The molecular weight excluding hydrogens is 352 g/mol. The normalized spacial score (nSPS) is 19.3. The van der Waals surface area contributed by atoms with Crippen LogP contribution >= 0.6 is 0 Å². The van der Waals surface area contributed by atoms with E-state index in [2.05, 4.69) is 12.1 Å². The summed E-state index contributed by atoms with van der Waals surface area (Å²) in [5, 5.41) is 10.7. The molecule has 1 saturated heterocycles. The number of benzene rings is 2. The minimum absolute atomic E-state index is 0.0292. The maximum absolute atomic E-state index is 13.0. The molecule has 150 valence electrons. The first-order valence-corrected chi connectivity index (χ1v) is 9.64. The van der Waals surface area contributed by atoms with Crippen LogP contribution in [0.4, 0.5) is 0 Å².